The van der Waals surface area contributed by atoms with Crippen LogP contribution in [0.15, 0.2) is 48.7 Å². The SMILES string of the molecule is N#Cc1c(-c2ccc(Cl)cc2Cl)cc(-c2ccccn2)nc1N. The molecule has 112 valence electrons. The van der Waals surface area contributed by atoms with Crippen LogP contribution < -0.4 is 5.73 Å². The summed E-state index contributed by atoms with van der Waals surface area (Å²) in [5, 5.41) is 10.4. The summed E-state index contributed by atoms with van der Waals surface area (Å²) >= 11 is 12.2. The summed E-state index contributed by atoms with van der Waals surface area (Å²) < 4.78 is 0. The molecule has 4 nitrogen and oxygen atoms in total. The molecule has 1 aromatic carbocycles. The first kappa shape index (κ1) is 15.3. The van der Waals surface area contributed by atoms with Crippen molar-refractivity contribution in [2.75, 3.05) is 5.73 Å². The maximum Gasteiger partial charge on any atom is 0.142 e. The van der Waals surface area contributed by atoms with Gasteiger partial charge in [-0.25, -0.2) is 4.98 Å². The zero-order chi connectivity index (χ0) is 16.4. The lowest BCUT2D eigenvalue weighted by Crippen LogP contribution is -2.00. The van der Waals surface area contributed by atoms with Gasteiger partial charge in [0.25, 0.3) is 0 Å². The molecule has 0 saturated heterocycles. The molecule has 0 aliphatic heterocycles. The van der Waals surface area contributed by atoms with E-state index < -0.39 is 0 Å². The normalized spacial score (nSPS) is 10.3. The van der Waals surface area contributed by atoms with Crippen molar-refractivity contribution < 1.29 is 0 Å². The van der Waals surface area contributed by atoms with Crippen LogP contribution in [0.1, 0.15) is 5.56 Å². The van der Waals surface area contributed by atoms with Crippen molar-refractivity contribution in [3.8, 4) is 28.6 Å². The molecule has 0 radical (unpaired) electrons. The second-order valence-electron chi connectivity index (χ2n) is 4.77. The summed E-state index contributed by atoms with van der Waals surface area (Å²) in [6.45, 7) is 0. The number of anilines is 1. The van der Waals surface area contributed by atoms with Gasteiger partial charge < -0.3 is 5.73 Å². The molecule has 2 aromatic heterocycles. The largest absolute Gasteiger partial charge is 0.383 e. The number of hydrogen-bond acceptors (Lipinski definition) is 4. The molecule has 3 rings (SSSR count). The summed E-state index contributed by atoms with van der Waals surface area (Å²) in [4.78, 5) is 8.53. The van der Waals surface area contributed by atoms with Crippen LogP contribution in [0.2, 0.25) is 10.0 Å². The first-order valence-corrected chi connectivity index (χ1v) is 7.43. The second-order valence-corrected chi connectivity index (χ2v) is 5.61. The smallest absolute Gasteiger partial charge is 0.142 e. The van der Waals surface area contributed by atoms with Crippen molar-refractivity contribution >= 4 is 29.0 Å². The van der Waals surface area contributed by atoms with E-state index in [-0.39, 0.29) is 11.4 Å². The van der Waals surface area contributed by atoms with E-state index in [0.29, 0.717) is 32.6 Å². The lowest BCUT2D eigenvalue weighted by atomic mass is 9.99. The number of nitrogens with zero attached hydrogens (tertiary/aromatic N) is 3. The lowest BCUT2D eigenvalue weighted by molar-refractivity contribution is 1.24. The molecule has 2 N–H and O–H groups in total. The summed E-state index contributed by atoms with van der Waals surface area (Å²) in [6, 6.07) is 14.4. The van der Waals surface area contributed by atoms with Crippen LogP contribution >= 0.6 is 23.2 Å². The molecular formula is C17H10Cl2N4. The fourth-order valence-corrected chi connectivity index (χ4v) is 2.76. The fraction of sp³-hybridized carbons (Fsp3) is 0. The number of pyridine rings is 2. The third-order valence-corrected chi connectivity index (χ3v) is 3.86. The Kier molecular flexibility index (Phi) is 4.16. The van der Waals surface area contributed by atoms with Crippen LogP contribution in [0.25, 0.3) is 22.5 Å². The number of aromatic nitrogens is 2. The molecule has 0 fully saturated rings. The van der Waals surface area contributed by atoms with E-state index in [9.17, 15) is 5.26 Å². The van der Waals surface area contributed by atoms with Crippen LogP contribution in [0.5, 0.6) is 0 Å². The van der Waals surface area contributed by atoms with Gasteiger partial charge in [-0.1, -0.05) is 35.3 Å². The van der Waals surface area contributed by atoms with Gasteiger partial charge in [-0.15, -0.1) is 0 Å². The Hall–Kier alpha value is -2.61. The standard InChI is InChI=1S/C17H10Cl2N4/c18-10-4-5-11(14(19)7-10)12-8-16(15-3-1-2-6-22-15)23-17(21)13(12)9-20/h1-8H,(H2,21,23). The highest BCUT2D eigenvalue weighted by molar-refractivity contribution is 6.36. The highest BCUT2D eigenvalue weighted by Gasteiger charge is 2.16. The molecule has 0 saturated carbocycles. The predicted molar refractivity (Wildman–Crippen MR) is 92.1 cm³/mol. The first-order valence-electron chi connectivity index (χ1n) is 6.67. The minimum atomic E-state index is 0.136. The van der Waals surface area contributed by atoms with Crippen molar-refractivity contribution in [1.82, 2.24) is 9.97 Å². The average Bonchev–Trinajstić information content (AvgIpc) is 2.55. The number of benzene rings is 1. The number of halogens is 2. The van der Waals surface area contributed by atoms with Crippen LogP contribution in [-0.2, 0) is 0 Å². The van der Waals surface area contributed by atoms with E-state index in [1.54, 1.807) is 30.5 Å². The van der Waals surface area contributed by atoms with Crippen molar-refractivity contribution in [2.45, 2.75) is 0 Å². The second kappa shape index (κ2) is 6.25. The summed E-state index contributed by atoms with van der Waals surface area (Å²) in [5.74, 6) is 0.136. The fourth-order valence-electron chi connectivity index (χ4n) is 2.25. The zero-order valence-corrected chi connectivity index (χ0v) is 13.3. The molecule has 0 amide bonds. The van der Waals surface area contributed by atoms with Gasteiger partial charge in [-0.2, -0.15) is 5.26 Å². The van der Waals surface area contributed by atoms with Gasteiger partial charge in [-0.3, -0.25) is 4.98 Å². The number of nitriles is 1. The Balaban J connectivity index is 2.27. The predicted octanol–water partition coefficient (Wildman–Crippen LogP) is 4.57. The first-order chi connectivity index (χ1) is 11.1. The minimum Gasteiger partial charge on any atom is -0.383 e. The van der Waals surface area contributed by atoms with Crippen molar-refractivity contribution in [3.63, 3.8) is 0 Å². The van der Waals surface area contributed by atoms with E-state index in [1.807, 2.05) is 18.2 Å². The Morgan fingerprint density at radius 1 is 1.00 bits per heavy atom. The molecule has 0 atom stereocenters. The van der Waals surface area contributed by atoms with Gasteiger partial charge in [0.15, 0.2) is 0 Å². The van der Waals surface area contributed by atoms with Gasteiger partial charge in [0, 0.05) is 27.4 Å². The van der Waals surface area contributed by atoms with Gasteiger partial charge in [0.2, 0.25) is 0 Å². The molecule has 6 heteroatoms. The van der Waals surface area contributed by atoms with E-state index in [1.165, 1.54) is 0 Å². The van der Waals surface area contributed by atoms with Crippen molar-refractivity contribution in [2.24, 2.45) is 0 Å². The van der Waals surface area contributed by atoms with Crippen LogP contribution in [0.3, 0.4) is 0 Å². The number of nitrogen functional groups attached to an aromatic ring is 1. The molecule has 2 heterocycles. The maximum atomic E-state index is 9.41. The van der Waals surface area contributed by atoms with Gasteiger partial charge in [-0.05, 0) is 30.3 Å². The van der Waals surface area contributed by atoms with Crippen molar-refractivity contribution in [3.05, 3.63) is 64.3 Å². The number of nitrogens with two attached hydrogens (primary N) is 1. The minimum absolute atomic E-state index is 0.136. The third kappa shape index (κ3) is 2.98. The van der Waals surface area contributed by atoms with Gasteiger partial charge in [0.05, 0.1) is 11.4 Å². The molecule has 0 aliphatic carbocycles. The van der Waals surface area contributed by atoms with E-state index in [2.05, 4.69) is 16.0 Å². The third-order valence-electron chi connectivity index (χ3n) is 3.31. The Morgan fingerprint density at radius 3 is 2.48 bits per heavy atom. The van der Waals surface area contributed by atoms with Crippen molar-refractivity contribution in [1.29, 1.82) is 5.26 Å². The molecule has 3 aromatic rings. The molecule has 0 bridgehead atoms. The highest BCUT2D eigenvalue weighted by atomic mass is 35.5. The Morgan fingerprint density at radius 2 is 1.83 bits per heavy atom. The van der Waals surface area contributed by atoms with Crippen LogP contribution in [0, 0.1) is 11.3 Å². The molecule has 0 aliphatic rings. The summed E-state index contributed by atoms with van der Waals surface area (Å²) in [6.07, 6.45) is 1.67. The van der Waals surface area contributed by atoms with Crippen LogP contribution in [0.4, 0.5) is 5.82 Å². The zero-order valence-electron chi connectivity index (χ0n) is 11.8. The molecular weight excluding hydrogens is 331 g/mol. The molecule has 0 unspecified atom stereocenters. The average molecular weight is 341 g/mol. The monoisotopic (exact) mass is 340 g/mol. The van der Waals surface area contributed by atoms with E-state index >= 15 is 0 Å². The summed E-state index contributed by atoms with van der Waals surface area (Å²) in [7, 11) is 0. The quantitative estimate of drug-likeness (QED) is 0.741. The Labute approximate surface area is 143 Å². The Bertz CT molecular complexity index is 918. The molecule has 23 heavy (non-hydrogen) atoms. The summed E-state index contributed by atoms with van der Waals surface area (Å²) in [5.41, 5.74) is 8.73. The van der Waals surface area contributed by atoms with Crippen LogP contribution in [-0.4, -0.2) is 9.97 Å². The van der Waals surface area contributed by atoms with Gasteiger partial charge in [0.1, 0.15) is 17.5 Å². The topological polar surface area (TPSA) is 75.6 Å². The highest BCUT2D eigenvalue weighted by Crippen LogP contribution is 2.35. The van der Waals surface area contributed by atoms with E-state index in [4.69, 9.17) is 28.9 Å². The molecule has 0 spiro atoms. The van der Waals surface area contributed by atoms with Gasteiger partial charge >= 0.3 is 0 Å². The maximum absolute atomic E-state index is 9.41. The number of hydrogen-bond donors (Lipinski definition) is 1. The lowest BCUT2D eigenvalue weighted by Gasteiger charge is -2.11. The van der Waals surface area contributed by atoms with E-state index in [0.717, 1.165) is 0 Å². The number of rotatable bonds is 2.